The number of nitrogens with zero attached hydrogens (tertiary/aromatic N) is 4. The number of piperazine rings is 1. The first-order valence-electron chi connectivity index (χ1n) is 8.94. The number of carbonyl (C=O) groups is 1. The molecule has 1 aliphatic heterocycles. The number of hydrogen-bond donors (Lipinski definition) is 1. The maximum Gasteiger partial charge on any atom is 0.272 e. The van der Waals surface area contributed by atoms with Gasteiger partial charge >= 0.3 is 0 Å². The molecule has 2 aromatic rings. The minimum atomic E-state index is -0.0680. The molecule has 1 N–H and O–H groups in total. The molecule has 0 radical (unpaired) electrons. The zero-order valence-corrected chi connectivity index (χ0v) is 15.7. The van der Waals surface area contributed by atoms with Crippen LogP contribution in [0.2, 0.25) is 0 Å². The molecule has 8 nitrogen and oxygen atoms in total. The fourth-order valence-electron chi connectivity index (χ4n) is 2.97. The van der Waals surface area contributed by atoms with E-state index < -0.39 is 0 Å². The molecule has 2 heterocycles. The molecule has 1 amide bonds. The van der Waals surface area contributed by atoms with Gasteiger partial charge in [-0.1, -0.05) is 0 Å². The van der Waals surface area contributed by atoms with E-state index in [-0.39, 0.29) is 5.91 Å². The van der Waals surface area contributed by atoms with Crippen molar-refractivity contribution in [2.45, 2.75) is 0 Å². The molecule has 0 saturated carbocycles. The summed E-state index contributed by atoms with van der Waals surface area (Å²) in [4.78, 5) is 25.1. The van der Waals surface area contributed by atoms with Gasteiger partial charge in [0, 0.05) is 51.6 Å². The number of carbonyl (C=O) groups excluding carboxylic acids is 1. The maximum absolute atomic E-state index is 12.8. The topological polar surface area (TPSA) is 79.8 Å². The highest BCUT2D eigenvalue weighted by atomic mass is 16.5. The van der Waals surface area contributed by atoms with Crippen molar-refractivity contribution >= 4 is 17.4 Å². The highest BCUT2D eigenvalue weighted by molar-refractivity contribution is 5.93. The van der Waals surface area contributed by atoms with Gasteiger partial charge in [0.25, 0.3) is 5.91 Å². The Morgan fingerprint density at radius 3 is 2.52 bits per heavy atom. The second kappa shape index (κ2) is 9.18. The van der Waals surface area contributed by atoms with E-state index in [4.69, 9.17) is 9.47 Å². The largest absolute Gasteiger partial charge is 0.497 e. The van der Waals surface area contributed by atoms with Gasteiger partial charge < -0.3 is 24.6 Å². The van der Waals surface area contributed by atoms with Crippen molar-refractivity contribution in [3.05, 3.63) is 42.4 Å². The van der Waals surface area contributed by atoms with Crippen molar-refractivity contribution in [2.24, 2.45) is 0 Å². The van der Waals surface area contributed by atoms with E-state index in [9.17, 15) is 4.79 Å². The fraction of sp³-hybridized carbons (Fsp3) is 0.421. The van der Waals surface area contributed by atoms with Crippen LogP contribution in [-0.4, -0.2) is 74.3 Å². The van der Waals surface area contributed by atoms with Gasteiger partial charge in [-0.05, 0) is 24.3 Å². The summed E-state index contributed by atoms with van der Waals surface area (Å²) in [7, 11) is 3.30. The van der Waals surface area contributed by atoms with E-state index in [1.54, 1.807) is 20.3 Å². The van der Waals surface area contributed by atoms with Crippen molar-refractivity contribution in [3.63, 3.8) is 0 Å². The number of ether oxygens (including phenoxy) is 2. The summed E-state index contributed by atoms with van der Waals surface area (Å²) in [5.74, 6) is 1.40. The third kappa shape index (κ3) is 4.85. The molecule has 3 rings (SSSR count). The SMILES string of the molecule is COCCNc1cc(C(=O)N2CCN(c3ccc(OC)cc3)CC2)ncn1. The van der Waals surface area contributed by atoms with Crippen molar-refractivity contribution in [1.82, 2.24) is 14.9 Å². The molecule has 8 heteroatoms. The monoisotopic (exact) mass is 371 g/mol. The van der Waals surface area contributed by atoms with Crippen LogP contribution in [0.4, 0.5) is 11.5 Å². The first-order chi connectivity index (χ1) is 13.2. The summed E-state index contributed by atoms with van der Waals surface area (Å²) in [6.07, 6.45) is 1.41. The van der Waals surface area contributed by atoms with Crippen molar-refractivity contribution in [3.8, 4) is 5.75 Å². The molecule has 0 unspecified atom stereocenters. The third-order valence-electron chi connectivity index (χ3n) is 4.50. The number of aromatic nitrogens is 2. The van der Waals surface area contributed by atoms with E-state index in [0.29, 0.717) is 37.8 Å². The van der Waals surface area contributed by atoms with E-state index in [1.807, 2.05) is 29.2 Å². The zero-order chi connectivity index (χ0) is 19.1. The van der Waals surface area contributed by atoms with Crippen LogP contribution < -0.4 is 15.0 Å². The Morgan fingerprint density at radius 2 is 1.85 bits per heavy atom. The number of anilines is 2. The van der Waals surface area contributed by atoms with E-state index in [0.717, 1.165) is 24.5 Å². The summed E-state index contributed by atoms with van der Waals surface area (Å²) >= 11 is 0. The summed E-state index contributed by atoms with van der Waals surface area (Å²) < 4.78 is 10.2. The van der Waals surface area contributed by atoms with Gasteiger partial charge in [0.15, 0.2) is 0 Å². The third-order valence-corrected chi connectivity index (χ3v) is 4.50. The Bertz CT molecular complexity index is 745. The molecule has 0 aliphatic carbocycles. The Labute approximate surface area is 159 Å². The molecule has 1 aliphatic rings. The molecule has 27 heavy (non-hydrogen) atoms. The predicted octanol–water partition coefficient (Wildman–Crippen LogP) is 1.51. The van der Waals surface area contributed by atoms with Crippen LogP contribution in [0.3, 0.4) is 0 Å². The lowest BCUT2D eigenvalue weighted by atomic mass is 10.2. The average Bonchev–Trinajstić information content (AvgIpc) is 2.74. The molecular formula is C19H25N5O3. The van der Waals surface area contributed by atoms with Crippen LogP contribution in [0.15, 0.2) is 36.7 Å². The standard InChI is InChI=1S/C19H25N5O3/c1-26-12-7-20-18-13-17(21-14-22-18)19(25)24-10-8-23(9-11-24)15-3-5-16(27-2)6-4-15/h3-6,13-14H,7-12H2,1-2H3,(H,20,21,22). The summed E-state index contributed by atoms with van der Waals surface area (Å²) in [5, 5.41) is 3.12. The summed E-state index contributed by atoms with van der Waals surface area (Å²) in [6, 6.07) is 9.67. The Hall–Kier alpha value is -2.87. The maximum atomic E-state index is 12.8. The van der Waals surface area contributed by atoms with Gasteiger partial charge in [-0.2, -0.15) is 0 Å². The lowest BCUT2D eigenvalue weighted by Crippen LogP contribution is -2.49. The lowest BCUT2D eigenvalue weighted by molar-refractivity contribution is 0.0740. The van der Waals surface area contributed by atoms with Gasteiger partial charge in [-0.3, -0.25) is 4.79 Å². The molecule has 1 aromatic carbocycles. The van der Waals surface area contributed by atoms with Crippen LogP contribution in [0.1, 0.15) is 10.5 Å². The highest BCUT2D eigenvalue weighted by Gasteiger charge is 2.23. The fourth-order valence-corrected chi connectivity index (χ4v) is 2.97. The average molecular weight is 371 g/mol. The number of amides is 1. The van der Waals surface area contributed by atoms with Crippen molar-refractivity contribution in [2.75, 3.05) is 63.8 Å². The van der Waals surface area contributed by atoms with Crippen molar-refractivity contribution in [1.29, 1.82) is 0 Å². The van der Waals surface area contributed by atoms with Crippen LogP contribution >= 0.6 is 0 Å². The first kappa shape index (κ1) is 18.9. The quantitative estimate of drug-likeness (QED) is 0.739. The van der Waals surface area contributed by atoms with Crippen LogP contribution in [-0.2, 0) is 4.74 Å². The number of hydrogen-bond acceptors (Lipinski definition) is 7. The summed E-state index contributed by atoms with van der Waals surface area (Å²) in [5.41, 5.74) is 1.54. The van der Waals surface area contributed by atoms with Gasteiger partial charge in [0.2, 0.25) is 0 Å². The molecule has 1 saturated heterocycles. The number of rotatable bonds is 7. The Balaban J connectivity index is 1.57. The predicted molar refractivity (Wildman–Crippen MR) is 104 cm³/mol. The van der Waals surface area contributed by atoms with E-state index >= 15 is 0 Å². The normalized spacial score (nSPS) is 14.1. The first-order valence-corrected chi connectivity index (χ1v) is 8.94. The molecule has 1 fully saturated rings. The summed E-state index contributed by atoms with van der Waals surface area (Å²) in [6.45, 7) is 4.06. The number of benzene rings is 1. The van der Waals surface area contributed by atoms with Gasteiger partial charge in [-0.25, -0.2) is 9.97 Å². The molecule has 0 spiro atoms. The second-order valence-corrected chi connectivity index (χ2v) is 6.19. The van der Waals surface area contributed by atoms with E-state index in [1.165, 1.54) is 6.33 Å². The smallest absolute Gasteiger partial charge is 0.272 e. The zero-order valence-electron chi connectivity index (χ0n) is 15.7. The second-order valence-electron chi connectivity index (χ2n) is 6.19. The molecular weight excluding hydrogens is 346 g/mol. The highest BCUT2D eigenvalue weighted by Crippen LogP contribution is 2.21. The van der Waals surface area contributed by atoms with Gasteiger partial charge in [0.05, 0.1) is 13.7 Å². The number of methoxy groups -OCH3 is 2. The van der Waals surface area contributed by atoms with Crippen LogP contribution in [0, 0.1) is 0 Å². The van der Waals surface area contributed by atoms with Crippen LogP contribution in [0.25, 0.3) is 0 Å². The lowest BCUT2D eigenvalue weighted by Gasteiger charge is -2.36. The minimum Gasteiger partial charge on any atom is -0.497 e. The molecule has 1 aromatic heterocycles. The van der Waals surface area contributed by atoms with Gasteiger partial charge in [-0.15, -0.1) is 0 Å². The minimum absolute atomic E-state index is 0.0680. The molecule has 0 atom stereocenters. The molecule has 144 valence electrons. The van der Waals surface area contributed by atoms with Crippen LogP contribution in [0.5, 0.6) is 5.75 Å². The van der Waals surface area contributed by atoms with E-state index in [2.05, 4.69) is 20.2 Å². The van der Waals surface area contributed by atoms with Crippen molar-refractivity contribution < 1.29 is 14.3 Å². The Kier molecular flexibility index (Phi) is 6.43. The Morgan fingerprint density at radius 1 is 1.11 bits per heavy atom. The molecule has 0 bridgehead atoms. The van der Waals surface area contributed by atoms with Gasteiger partial charge in [0.1, 0.15) is 23.6 Å². The number of nitrogens with one attached hydrogen (secondary N) is 1.